The molecule has 0 aromatic carbocycles. The summed E-state index contributed by atoms with van der Waals surface area (Å²) in [4.78, 5) is 12.2. The number of hydrogen-bond acceptors (Lipinski definition) is 2. The molecule has 0 aliphatic heterocycles. The Labute approximate surface area is 256 Å². The van der Waals surface area contributed by atoms with Crippen LogP contribution in [-0.2, 0) is 4.79 Å². The summed E-state index contributed by atoms with van der Waals surface area (Å²) in [6.07, 6.45) is 34.8. The lowest BCUT2D eigenvalue weighted by atomic mass is 9.72. The minimum atomic E-state index is -0.390. The highest BCUT2D eigenvalue weighted by atomic mass is 16.3. The summed E-state index contributed by atoms with van der Waals surface area (Å²) in [5.74, 6) is -0.464. The molecule has 2 rings (SSSR count). The summed E-state index contributed by atoms with van der Waals surface area (Å²) >= 11 is 0. The molecular weight excluding hydrogens is 512 g/mol. The van der Waals surface area contributed by atoms with E-state index in [4.69, 9.17) is 0 Å². The Kier molecular flexibility index (Phi) is 12.8. The molecule has 42 heavy (non-hydrogen) atoms. The fraction of sp³-hybridized carbons (Fsp3) is 0.375. The lowest BCUT2D eigenvalue weighted by molar-refractivity contribution is -0.114. The van der Waals surface area contributed by atoms with Crippen LogP contribution in [0.1, 0.15) is 88.5 Å². The quantitative estimate of drug-likeness (QED) is 0.268. The van der Waals surface area contributed by atoms with E-state index in [9.17, 15) is 9.90 Å². The Bertz CT molecular complexity index is 1390. The Morgan fingerprint density at radius 3 is 1.67 bits per heavy atom. The maximum atomic E-state index is 12.2. The van der Waals surface area contributed by atoms with Crippen LogP contribution in [0.2, 0.25) is 0 Å². The average molecular weight is 565 g/mol. The van der Waals surface area contributed by atoms with Crippen LogP contribution in [0, 0.1) is 10.8 Å². The first kappa shape index (κ1) is 34.6. The first-order chi connectivity index (χ1) is 19.6. The van der Waals surface area contributed by atoms with Gasteiger partial charge >= 0.3 is 0 Å². The van der Waals surface area contributed by atoms with Gasteiger partial charge < -0.3 is 5.11 Å². The van der Waals surface area contributed by atoms with Crippen LogP contribution in [0.25, 0.3) is 0 Å². The van der Waals surface area contributed by atoms with Crippen LogP contribution in [0.5, 0.6) is 0 Å². The third kappa shape index (κ3) is 10.6. The van der Waals surface area contributed by atoms with Crippen LogP contribution in [0.15, 0.2) is 141 Å². The second kappa shape index (κ2) is 15.5. The minimum Gasteiger partial charge on any atom is -0.504 e. The molecule has 0 unspecified atom stereocenters. The highest BCUT2D eigenvalue weighted by Gasteiger charge is 2.31. The molecule has 2 aliphatic carbocycles. The summed E-state index contributed by atoms with van der Waals surface area (Å²) in [5, 5.41) is 9.89. The highest BCUT2D eigenvalue weighted by Crippen LogP contribution is 2.41. The van der Waals surface area contributed by atoms with Crippen LogP contribution in [0.3, 0.4) is 0 Å². The highest BCUT2D eigenvalue weighted by molar-refractivity contribution is 6.08. The molecule has 0 aromatic rings. The van der Waals surface area contributed by atoms with Crippen molar-refractivity contribution >= 4 is 5.78 Å². The van der Waals surface area contributed by atoms with Crippen LogP contribution in [0.4, 0.5) is 0 Å². The summed E-state index contributed by atoms with van der Waals surface area (Å²) in [5.41, 5.74) is 9.10. The minimum absolute atomic E-state index is 0.166. The van der Waals surface area contributed by atoms with Crippen molar-refractivity contribution in [2.75, 3.05) is 0 Å². The van der Waals surface area contributed by atoms with Crippen molar-refractivity contribution in [1.29, 1.82) is 0 Å². The molecule has 0 heterocycles. The summed E-state index contributed by atoms with van der Waals surface area (Å²) in [6.45, 7) is 21.1. The smallest absolute Gasteiger partial charge is 0.222 e. The van der Waals surface area contributed by atoms with Crippen molar-refractivity contribution in [2.24, 2.45) is 10.8 Å². The van der Waals surface area contributed by atoms with Gasteiger partial charge in [0.15, 0.2) is 5.76 Å². The van der Waals surface area contributed by atoms with Crippen molar-refractivity contribution in [2.45, 2.75) is 88.5 Å². The third-order valence-corrected chi connectivity index (χ3v) is 8.00. The van der Waals surface area contributed by atoms with E-state index < -0.39 is 0 Å². The monoisotopic (exact) mass is 564 g/mol. The van der Waals surface area contributed by atoms with Gasteiger partial charge in [-0.15, -0.1) is 0 Å². The van der Waals surface area contributed by atoms with Crippen LogP contribution >= 0.6 is 0 Å². The van der Waals surface area contributed by atoms with E-state index in [0.29, 0.717) is 5.57 Å². The first-order valence-electron chi connectivity index (χ1n) is 15.1. The van der Waals surface area contributed by atoms with Gasteiger partial charge in [0.2, 0.25) is 5.78 Å². The molecule has 0 bridgehead atoms. The Morgan fingerprint density at radius 2 is 1.17 bits per heavy atom. The van der Waals surface area contributed by atoms with Gasteiger partial charge in [-0.1, -0.05) is 141 Å². The van der Waals surface area contributed by atoms with E-state index in [2.05, 4.69) is 102 Å². The molecule has 0 aromatic heterocycles. The molecule has 2 nitrogen and oxygen atoms in total. The van der Waals surface area contributed by atoms with Crippen molar-refractivity contribution in [3.63, 3.8) is 0 Å². The fourth-order valence-electron chi connectivity index (χ4n) is 5.40. The van der Waals surface area contributed by atoms with Crippen molar-refractivity contribution in [3.05, 3.63) is 141 Å². The zero-order valence-corrected chi connectivity index (χ0v) is 27.6. The SMILES string of the molecule is CC(C=CC1=C(C)CCCC1(C)C)=CC=CC(C)=C/C=C/C=C(C)/C=C/C=C(C)/C=C/C1=C(C)C(=O)C(O)=CC1(C)C. The molecule has 0 amide bonds. The number of aliphatic hydroxyl groups is 1. The molecule has 0 atom stereocenters. The van der Waals surface area contributed by atoms with Gasteiger partial charge in [-0.3, -0.25) is 4.79 Å². The zero-order chi connectivity index (χ0) is 31.5. The normalized spacial score (nSPS) is 21.4. The molecule has 2 aliphatic rings. The summed E-state index contributed by atoms with van der Waals surface area (Å²) in [6, 6.07) is 0. The maximum absolute atomic E-state index is 12.2. The number of hydrogen-bond donors (Lipinski definition) is 1. The Morgan fingerprint density at radius 1 is 0.714 bits per heavy atom. The van der Waals surface area contributed by atoms with Gasteiger partial charge in [-0.2, -0.15) is 0 Å². The largest absolute Gasteiger partial charge is 0.504 e. The van der Waals surface area contributed by atoms with Gasteiger partial charge in [-0.25, -0.2) is 0 Å². The maximum Gasteiger partial charge on any atom is 0.222 e. The zero-order valence-electron chi connectivity index (χ0n) is 27.6. The number of carbonyl (C=O) groups is 1. The van der Waals surface area contributed by atoms with Crippen molar-refractivity contribution in [3.8, 4) is 0 Å². The van der Waals surface area contributed by atoms with Crippen molar-refractivity contribution in [1.82, 2.24) is 0 Å². The number of carbonyl (C=O) groups excluding carboxylic acids is 1. The van der Waals surface area contributed by atoms with Crippen LogP contribution in [-0.4, -0.2) is 10.9 Å². The second-order valence-corrected chi connectivity index (χ2v) is 13.0. The molecule has 0 fully saturated rings. The topological polar surface area (TPSA) is 37.3 Å². The van der Waals surface area contributed by atoms with Gasteiger partial charge in [0.05, 0.1) is 0 Å². The molecule has 224 valence electrons. The van der Waals surface area contributed by atoms with E-state index >= 15 is 0 Å². The Hall–Kier alpha value is -3.65. The predicted molar refractivity (Wildman–Crippen MR) is 183 cm³/mol. The Balaban J connectivity index is 1.92. The molecule has 0 saturated carbocycles. The standard InChI is InChI=1S/C40H52O2/c1-29(18-13-20-31(3)23-25-35-33(5)22-15-27-39(35,7)8)16-11-12-17-30(2)19-14-21-32(4)24-26-36-34(6)38(42)37(41)28-40(36,9)10/h11-14,16-21,23-26,28,41H,15,22,27H2,1-10H3/b12-11+,18-13?,19-14+,25-23?,26-24+,29-16?,30-17+,31-20?,32-21+. The molecule has 0 saturated heterocycles. The van der Waals surface area contributed by atoms with Gasteiger partial charge in [-0.05, 0) is 83.4 Å². The second-order valence-electron chi connectivity index (χ2n) is 13.0. The van der Waals surface area contributed by atoms with Gasteiger partial charge in [0.25, 0.3) is 0 Å². The average Bonchev–Trinajstić information content (AvgIpc) is 2.88. The number of aliphatic hydroxyl groups excluding tert-OH is 1. The predicted octanol–water partition coefficient (Wildman–Crippen LogP) is 11.4. The molecular formula is C40H52O2. The first-order valence-corrected chi connectivity index (χ1v) is 15.1. The molecule has 0 spiro atoms. The number of Topliss-reactive ketones (excluding diaryl/α,β-unsaturated/α-hetero) is 1. The van der Waals surface area contributed by atoms with E-state index in [-0.39, 0.29) is 22.4 Å². The van der Waals surface area contributed by atoms with E-state index in [1.54, 1.807) is 13.0 Å². The number of rotatable bonds is 10. The van der Waals surface area contributed by atoms with Gasteiger partial charge in [0, 0.05) is 11.0 Å². The molecule has 1 N–H and O–H groups in total. The molecule has 0 radical (unpaired) electrons. The third-order valence-electron chi connectivity index (χ3n) is 8.00. The van der Waals surface area contributed by atoms with Crippen LogP contribution < -0.4 is 0 Å². The summed E-state index contributed by atoms with van der Waals surface area (Å²) < 4.78 is 0. The lowest BCUT2D eigenvalue weighted by Gasteiger charge is -2.32. The number of allylic oxidation sites excluding steroid dienone is 23. The van der Waals surface area contributed by atoms with E-state index in [0.717, 1.165) is 16.7 Å². The van der Waals surface area contributed by atoms with Gasteiger partial charge in [0.1, 0.15) is 0 Å². The number of ketones is 1. The lowest BCUT2D eigenvalue weighted by Crippen LogP contribution is -2.23. The molecule has 2 heteroatoms. The van der Waals surface area contributed by atoms with E-state index in [1.807, 2.05) is 45.1 Å². The fourth-order valence-corrected chi connectivity index (χ4v) is 5.40. The van der Waals surface area contributed by atoms with E-state index in [1.165, 1.54) is 41.6 Å². The summed E-state index contributed by atoms with van der Waals surface area (Å²) in [7, 11) is 0. The van der Waals surface area contributed by atoms with Crippen molar-refractivity contribution < 1.29 is 9.90 Å².